The molecule has 5 nitrogen and oxygen atoms in total. The van der Waals surface area contributed by atoms with Crippen LogP contribution in [0.1, 0.15) is 51.9 Å². The molecule has 1 heterocycles. The first-order valence-electron chi connectivity index (χ1n) is 7.20. The van der Waals surface area contributed by atoms with E-state index in [4.69, 9.17) is 4.74 Å². The first kappa shape index (κ1) is 14.3. The Bertz CT molecular complexity index is 349. The summed E-state index contributed by atoms with van der Waals surface area (Å²) in [5, 5.41) is 12.2. The molecule has 1 saturated heterocycles. The molecule has 2 aliphatic rings. The van der Waals surface area contributed by atoms with Crippen molar-refractivity contribution in [3.05, 3.63) is 0 Å². The van der Waals surface area contributed by atoms with Crippen LogP contribution in [0.15, 0.2) is 0 Å². The third kappa shape index (κ3) is 3.26. The zero-order valence-corrected chi connectivity index (χ0v) is 11.5. The number of carboxylic acids is 1. The van der Waals surface area contributed by atoms with E-state index in [2.05, 4.69) is 5.32 Å². The Morgan fingerprint density at radius 1 is 1.26 bits per heavy atom. The number of aliphatic carboxylic acids is 1. The fraction of sp³-hybridized carbons (Fsp3) is 0.857. The smallest absolute Gasteiger partial charge is 0.311 e. The zero-order chi connectivity index (χ0) is 13.9. The molecular formula is C14H23NO4. The Balaban J connectivity index is 1.88. The second kappa shape index (κ2) is 5.90. The summed E-state index contributed by atoms with van der Waals surface area (Å²) in [6.45, 7) is 2.18. The van der Waals surface area contributed by atoms with E-state index in [-0.39, 0.29) is 18.6 Å². The van der Waals surface area contributed by atoms with Gasteiger partial charge in [0.2, 0.25) is 5.91 Å². The lowest BCUT2D eigenvalue weighted by atomic mass is 9.74. The van der Waals surface area contributed by atoms with Crippen LogP contribution < -0.4 is 5.32 Å². The molecule has 2 atom stereocenters. The van der Waals surface area contributed by atoms with Gasteiger partial charge in [-0.2, -0.15) is 0 Å². The Labute approximate surface area is 113 Å². The van der Waals surface area contributed by atoms with E-state index in [0.29, 0.717) is 12.8 Å². The highest BCUT2D eigenvalue weighted by Crippen LogP contribution is 2.36. The molecule has 0 bridgehead atoms. The number of hydrogen-bond acceptors (Lipinski definition) is 3. The molecule has 108 valence electrons. The van der Waals surface area contributed by atoms with E-state index in [1.807, 2.05) is 6.92 Å². The number of nitrogens with one attached hydrogen (secondary N) is 1. The van der Waals surface area contributed by atoms with Crippen molar-refractivity contribution in [2.75, 3.05) is 6.54 Å². The van der Waals surface area contributed by atoms with Crippen molar-refractivity contribution in [1.29, 1.82) is 0 Å². The van der Waals surface area contributed by atoms with Gasteiger partial charge in [-0.05, 0) is 32.6 Å². The molecule has 2 rings (SSSR count). The highest BCUT2D eigenvalue weighted by Gasteiger charge is 2.40. The Morgan fingerprint density at radius 2 is 1.95 bits per heavy atom. The molecule has 1 saturated carbocycles. The van der Waals surface area contributed by atoms with Gasteiger partial charge in [0.1, 0.15) is 6.10 Å². The Kier molecular flexibility index (Phi) is 4.45. The van der Waals surface area contributed by atoms with Gasteiger partial charge in [0.15, 0.2) is 0 Å². The van der Waals surface area contributed by atoms with Crippen molar-refractivity contribution in [3.63, 3.8) is 0 Å². The normalized spacial score (nSPS) is 29.9. The van der Waals surface area contributed by atoms with Crippen molar-refractivity contribution in [1.82, 2.24) is 5.32 Å². The quantitative estimate of drug-likeness (QED) is 0.814. The summed E-state index contributed by atoms with van der Waals surface area (Å²) in [7, 11) is 0. The van der Waals surface area contributed by atoms with Gasteiger partial charge in [-0.25, -0.2) is 0 Å². The molecule has 2 unspecified atom stereocenters. The zero-order valence-electron chi connectivity index (χ0n) is 11.5. The minimum atomic E-state index is -0.784. The predicted molar refractivity (Wildman–Crippen MR) is 69.7 cm³/mol. The molecule has 0 aromatic carbocycles. The van der Waals surface area contributed by atoms with Gasteiger partial charge in [0.25, 0.3) is 0 Å². The molecule has 0 aromatic heterocycles. The second-order valence-corrected chi connectivity index (χ2v) is 5.88. The monoisotopic (exact) mass is 269 g/mol. The third-order valence-electron chi connectivity index (χ3n) is 4.39. The van der Waals surface area contributed by atoms with E-state index in [1.165, 1.54) is 0 Å². The fourth-order valence-corrected chi connectivity index (χ4v) is 3.06. The fourth-order valence-electron chi connectivity index (χ4n) is 3.06. The van der Waals surface area contributed by atoms with Gasteiger partial charge in [0.05, 0.1) is 11.5 Å². The van der Waals surface area contributed by atoms with Crippen molar-refractivity contribution < 1.29 is 19.4 Å². The highest BCUT2D eigenvalue weighted by atomic mass is 16.5. The molecule has 0 radical (unpaired) electrons. The number of rotatable bonds is 4. The summed E-state index contributed by atoms with van der Waals surface area (Å²) in [4.78, 5) is 23.4. The van der Waals surface area contributed by atoms with E-state index < -0.39 is 17.5 Å². The largest absolute Gasteiger partial charge is 0.481 e. The third-order valence-corrected chi connectivity index (χ3v) is 4.39. The summed E-state index contributed by atoms with van der Waals surface area (Å²) in [5.41, 5.74) is -0.766. The van der Waals surface area contributed by atoms with Gasteiger partial charge >= 0.3 is 5.97 Å². The van der Waals surface area contributed by atoms with E-state index in [9.17, 15) is 14.7 Å². The maximum atomic E-state index is 12.0. The molecule has 5 heteroatoms. The number of carbonyl (C=O) groups is 2. The summed E-state index contributed by atoms with van der Waals surface area (Å²) in [6, 6.07) is 0. The number of carbonyl (C=O) groups excluding carboxylic acids is 1. The van der Waals surface area contributed by atoms with Crippen molar-refractivity contribution >= 4 is 11.9 Å². The standard InChI is InChI=1S/C14H23NO4/c1-10-5-6-11(19-10)12(16)15-9-14(13(17)18)7-3-2-4-8-14/h10-11H,2-9H2,1H3,(H,15,16)(H,17,18). The first-order chi connectivity index (χ1) is 9.03. The first-order valence-corrected chi connectivity index (χ1v) is 7.20. The minimum Gasteiger partial charge on any atom is -0.481 e. The average Bonchev–Trinajstić information content (AvgIpc) is 2.83. The molecular weight excluding hydrogens is 246 g/mol. The maximum Gasteiger partial charge on any atom is 0.311 e. The van der Waals surface area contributed by atoms with Crippen LogP contribution in [-0.4, -0.2) is 35.7 Å². The van der Waals surface area contributed by atoms with Crippen molar-refractivity contribution in [2.45, 2.75) is 64.1 Å². The number of hydrogen-bond donors (Lipinski definition) is 2. The lowest BCUT2D eigenvalue weighted by Crippen LogP contribution is -2.46. The molecule has 1 aliphatic heterocycles. The lowest BCUT2D eigenvalue weighted by Gasteiger charge is -2.33. The summed E-state index contributed by atoms with van der Waals surface area (Å²) in [6.07, 6.45) is 5.61. The summed E-state index contributed by atoms with van der Waals surface area (Å²) >= 11 is 0. The Hall–Kier alpha value is -1.10. The lowest BCUT2D eigenvalue weighted by molar-refractivity contribution is -0.151. The van der Waals surface area contributed by atoms with Gasteiger partial charge in [-0.3, -0.25) is 9.59 Å². The van der Waals surface area contributed by atoms with E-state index >= 15 is 0 Å². The van der Waals surface area contributed by atoms with Crippen molar-refractivity contribution in [3.8, 4) is 0 Å². The van der Waals surface area contributed by atoms with Crippen LogP contribution in [0.2, 0.25) is 0 Å². The van der Waals surface area contributed by atoms with Crippen LogP contribution >= 0.6 is 0 Å². The van der Waals surface area contributed by atoms with Crippen LogP contribution in [0.5, 0.6) is 0 Å². The van der Waals surface area contributed by atoms with Crippen molar-refractivity contribution in [2.24, 2.45) is 5.41 Å². The van der Waals surface area contributed by atoms with Crippen LogP contribution in [0, 0.1) is 5.41 Å². The number of carboxylic acid groups (broad SMARTS) is 1. The SMILES string of the molecule is CC1CCC(C(=O)NCC2(C(=O)O)CCCCC2)O1. The maximum absolute atomic E-state index is 12.0. The summed E-state index contributed by atoms with van der Waals surface area (Å²) in [5.74, 6) is -0.941. The molecule has 0 aromatic rings. The van der Waals surface area contributed by atoms with Gasteiger partial charge in [-0.15, -0.1) is 0 Å². The van der Waals surface area contributed by atoms with Crippen LogP contribution in [0.25, 0.3) is 0 Å². The number of amides is 1. The average molecular weight is 269 g/mol. The molecule has 1 aliphatic carbocycles. The van der Waals surface area contributed by atoms with Gasteiger partial charge in [-0.1, -0.05) is 19.3 Å². The van der Waals surface area contributed by atoms with E-state index in [1.54, 1.807) is 0 Å². The van der Waals surface area contributed by atoms with Crippen LogP contribution in [0.4, 0.5) is 0 Å². The van der Waals surface area contributed by atoms with Crippen LogP contribution in [-0.2, 0) is 14.3 Å². The molecule has 2 fully saturated rings. The van der Waals surface area contributed by atoms with Gasteiger partial charge in [0, 0.05) is 6.54 Å². The Morgan fingerprint density at radius 3 is 2.47 bits per heavy atom. The van der Waals surface area contributed by atoms with E-state index in [0.717, 1.165) is 32.1 Å². The van der Waals surface area contributed by atoms with Crippen LogP contribution in [0.3, 0.4) is 0 Å². The number of ether oxygens (including phenoxy) is 1. The van der Waals surface area contributed by atoms with Gasteiger partial charge < -0.3 is 15.2 Å². The topological polar surface area (TPSA) is 75.6 Å². The molecule has 0 spiro atoms. The second-order valence-electron chi connectivity index (χ2n) is 5.88. The molecule has 19 heavy (non-hydrogen) atoms. The predicted octanol–water partition coefficient (Wildman–Crippen LogP) is 1.71. The highest BCUT2D eigenvalue weighted by molar-refractivity contribution is 5.82. The molecule has 2 N–H and O–H groups in total. The minimum absolute atomic E-state index is 0.124. The summed E-state index contributed by atoms with van der Waals surface area (Å²) < 4.78 is 5.50. The molecule has 1 amide bonds.